The Bertz CT molecular complexity index is 1040. The molecule has 3 aliphatic heterocycles. The number of hydrogen-bond acceptors (Lipinski definition) is 4. The molecule has 3 N–H and O–H groups in total. The second kappa shape index (κ2) is 7.59. The van der Waals surface area contributed by atoms with Crippen LogP contribution in [0.25, 0.3) is 0 Å². The van der Waals surface area contributed by atoms with E-state index in [1.165, 1.54) is 4.90 Å². The molecular formula is C24H26N3O4+. The molecule has 3 heterocycles. The van der Waals surface area contributed by atoms with Gasteiger partial charge in [0.25, 0.3) is 5.91 Å². The standard InChI is InChI=1S/C24H25N3O4/c1-31-13-7-12-27-21(28)19-18(14-15-8-3-2-4-9-15)26-24(20(19)22(27)29)16-10-5-6-11-17(16)25-23(24)30/h2-6,8-11,18-20,26H,7,12-14H2,1H3,(H,25,30)/p+1/t18-,19-,20+,24-/m1/s1. The van der Waals surface area contributed by atoms with Crippen LogP contribution in [0.1, 0.15) is 17.5 Å². The van der Waals surface area contributed by atoms with Crippen molar-refractivity contribution >= 4 is 23.4 Å². The fourth-order valence-electron chi connectivity index (χ4n) is 5.64. The summed E-state index contributed by atoms with van der Waals surface area (Å²) in [6.45, 7) is 0.788. The SMILES string of the molecule is COCCCN1C(=O)[C@H]2[C@@H](C1=O)[C@@]1([NH2+][C@@H]2Cc2ccccc2)C(=O)Nc2ccccc21. The second-order valence-corrected chi connectivity index (χ2v) is 8.57. The predicted molar refractivity (Wildman–Crippen MR) is 113 cm³/mol. The zero-order valence-corrected chi connectivity index (χ0v) is 17.4. The number of likely N-dealkylation sites (tertiary alicyclic amines) is 1. The molecular weight excluding hydrogens is 394 g/mol. The van der Waals surface area contributed by atoms with Crippen LogP contribution in [-0.4, -0.2) is 48.9 Å². The maximum Gasteiger partial charge on any atom is 0.291 e. The molecule has 31 heavy (non-hydrogen) atoms. The zero-order chi connectivity index (χ0) is 21.6. The van der Waals surface area contributed by atoms with Gasteiger partial charge in [0.05, 0.1) is 5.69 Å². The molecule has 2 saturated heterocycles. The van der Waals surface area contributed by atoms with Gasteiger partial charge in [-0.15, -0.1) is 0 Å². The highest BCUT2D eigenvalue weighted by atomic mass is 16.5. The van der Waals surface area contributed by atoms with Crippen molar-refractivity contribution in [3.05, 3.63) is 65.7 Å². The quantitative estimate of drug-likeness (QED) is 0.531. The van der Waals surface area contributed by atoms with Crippen LogP contribution < -0.4 is 10.6 Å². The number of anilines is 1. The van der Waals surface area contributed by atoms with Crippen molar-refractivity contribution in [2.45, 2.75) is 24.4 Å². The van der Waals surface area contributed by atoms with Gasteiger partial charge in [0.1, 0.15) is 17.9 Å². The number of nitrogens with one attached hydrogen (secondary N) is 1. The molecule has 3 aliphatic rings. The first-order chi connectivity index (χ1) is 15.1. The summed E-state index contributed by atoms with van der Waals surface area (Å²) < 4.78 is 5.10. The number of carbonyl (C=O) groups excluding carboxylic acids is 3. The summed E-state index contributed by atoms with van der Waals surface area (Å²) in [5.41, 5.74) is 1.50. The Balaban J connectivity index is 1.57. The van der Waals surface area contributed by atoms with Crippen molar-refractivity contribution in [3.63, 3.8) is 0 Å². The van der Waals surface area contributed by atoms with Crippen LogP contribution in [0.5, 0.6) is 0 Å². The summed E-state index contributed by atoms with van der Waals surface area (Å²) in [5.74, 6) is -1.87. The number of imide groups is 1. The van der Waals surface area contributed by atoms with Gasteiger partial charge in [-0.25, -0.2) is 0 Å². The number of amides is 3. The molecule has 4 atom stereocenters. The fourth-order valence-corrected chi connectivity index (χ4v) is 5.64. The fraction of sp³-hybridized carbons (Fsp3) is 0.375. The molecule has 2 fully saturated rings. The molecule has 0 radical (unpaired) electrons. The Morgan fingerprint density at radius 3 is 2.55 bits per heavy atom. The van der Waals surface area contributed by atoms with Crippen molar-refractivity contribution in [2.75, 3.05) is 25.6 Å². The molecule has 0 aromatic heterocycles. The second-order valence-electron chi connectivity index (χ2n) is 8.57. The largest absolute Gasteiger partial charge is 0.385 e. The first-order valence-corrected chi connectivity index (χ1v) is 10.7. The Kier molecular flexibility index (Phi) is 4.87. The van der Waals surface area contributed by atoms with E-state index in [1.54, 1.807) is 7.11 Å². The van der Waals surface area contributed by atoms with Gasteiger partial charge in [-0.1, -0.05) is 48.5 Å². The number of ether oxygens (including phenoxy) is 1. The number of rotatable bonds is 6. The van der Waals surface area contributed by atoms with Crippen LogP contribution in [0.2, 0.25) is 0 Å². The number of fused-ring (bicyclic) bond motifs is 4. The summed E-state index contributed by atoms with van der Waals surface area (Å²) >= 11 is 0. The van der Waals surface area contributed by atoms with E-state index < -0.39 is 17.4 Å². The third kappa shape index (κ3) is 2.91. The molecule has 1 spiro atoms. The maximum atomic E-state index is 13.6. The number of methoxy groups -OCH3 is 1. The molecule has 3 amide bonds. The molecule has 2 aromatic carbocycles. The minimum absolute atomic E-state index is 0.169. The van der Waals surface area contributed by atoms with Crippen LogP contribution in [0.3, 0.4) is 0 Å². The van der Waals surface area contributed by atoms with Gasteiger partial charge < -0.3 is 15.4 Å². The molecule has 160 valence electrons. The summed E-state index contributed by atoms with van der Waals surface area (Å²) in [6, 6.07) is 17.2. The summed E-state index contributed by atoms with van der Waals surface area (Å²) in [5, 5.41) is 4.94. The molecule has 7 heteroatoms. The lowest BCUT2D eigenvalue weighted by atomic mass is 9.76. The Morgan fingerprint density at radius 2 is 1.77 bits per heavy atom. The highest BCUT2D eigenvalue weighted by molar-refractivity contribution is 6.13. The Labute approximate surface area is 180 Å². The van der Waals surface area contributed by atoms with Crippen LogP contribution in [0.15, 0.2) is 54.6 Å². The number of benzene rings is 2. The van der Waals surface area contributed by atoms with Crippen LogP contribution in [-0.2, 0) is 31.1 Å². The van der Waals surface area contributed by atoms with Crippen LogP contribution >= 0.6 is 0 Å². The summed E-state index contributed by atoms with van der Waals surface area (Å²) in [4.78, 5) is 41.8. The van der Waals surface area contributed by atoms with Crippen molar-refractivity contribution in [1.29, 1.82) is 0 Å². The minimum atomic E-state index is -1.11. The molecule has 0 saturated carbocycles. The molecule has 0 bridgehead atoms. The number of nitrogens with zero attached hydrogens (tertiary/aromatic N) is 1. The number of nitrogens with two attached hydrogens (primary N) is 1. The van der Waals surface area contributed by atoms with E-state index in [9.17, 15) is 14.4 Å². The van der Waals surface area contributed by atoms with E-state index in [0.717, 1.165) is 16.8 Å². The predicted octanol–water partition coefficient (Wildman–Crippen LogP) is 0.660. The number of hydrogen-bond donors (Lipinski definition) is 2. The Morgan fingerprint density at radius 1 is 1.03 bits per heavy atom. The van der Waals surface area contributed by atoms with Gasteiger partial charge in [0.2, 0.25) is 17.4 Å². The van der Waals surface area contributed by atoms with Crippen LogP contribution in [0, 0.1) is 11.8 Å². The van der Waals surface area contributed by atoms with E-state index in [2.05, 4.69) is 5.32 Å². The van der Waals surface area contributed by atoms with Crippen LogP contribution in [0.4, 0.5) is 5.69 Å². The zero-order valence-electron chi connectivity index (χ0n) is 17.4. The third-order valence-electron chi connectivity index (χ3n) is 6.91. The molecule has 0 aliphatic carbocycles. The lowest BCUT2D eigenvalue weighted by Gasteiger charge is -2.26. The average Bonchev–Trinajstić information content (AvgIpc) is 3.35. The third-order valence-corrected chi connectivity index (χ3v) is 6.91. The number of carbonyl (C=O) groups is 3. The number of para-hydroxylation sites is 1. The monoisotopic (exact) mass is 420 g/mol. The van der Waals surface area contributed by atoms with E-state index in [0.29, 0.717) is 26.0 Å². The average molecular weight is 420 g/mol. The van der Waals surface area contributed by atoms with Gasteiger partial charge in [-0.2, -0.15) is 0 Å². The van der Waals surface area contributed by atoms with Gasteiger partial charge in [0, 0.05) is 32.2 Å². The molecule has 2 aromatic rings. The van der Waals surface area contributed by atoms with Crippen molar-refractivity contribution in [1.82, 2.24) is 4.90 Å². The first kappa shape index (κ1) is 19.9. The van der Waals surface area contributed by atoms with Crippen molar-refractivity contribution < 1.29 is 24.4 Å². The van der Waals surface area contributed by atoms with Gasteiger partial charge in [0.15, 0.2) is 0 Å². The van der Waals surface area contributed by atoms with Gasteiger partial charge in [-0.05, 0) is 18.1 Å². The van der Waals surface area contributed by atoms with E-state index in [-0.39, 0.29) is 23.8 Å². The van der Waals surface area contributed by atoms with Crippen molar-refractivity contribution in [3.8, 4) is 0 Å². The van der Waals surface area contributed by atoms with Gasteiger partial charge in [-0.3, -0.25) is 19.3 Å². The molecule has 5 rings (SSSR count). The highest BCUT2D eigenvalue weighted by Gasteiger charge is 2.73. The Hall–Kier alpha value is -3.03. The molecule has 0 unspecified atom stereocenters. The van der Waals surface area contributed by atoms with E-state index >= 15 is 0 Å². The first-order valence-electron chi connectivity index (χ1n) is 10.7. The maximum absolute atomic E-state index is 13.6. The van der Waals surface area contributed by atoms with Crippen molar-refractivity contribution in [2.24, 2.45) is 11.8 Å². The lowest BCUT2D eigenvalue weighted by molar-refractivity contribution is -0.733. The smallest absolute Gasteiger partial charge is 0.291 e. The number of quaternary nitrogens is 1. The minimum Gasteiger partial charge on any atom is -0.385 e. The van der Waals surface area contributed by atoms with E-state index in [1.807, 2.05) is 59.9 Å². The summed E-state index contributed by atoms with van der Waals surface area (Å²) in [6.07, 6.45) is 1.19. The lowest BCUT2D eigenvalue weighted by Crippen LogP contribution is -2.99. The van der Waals surface area contributed by atoms with E-state index in [4.69, 9.17) is 4.74 Å². The normalized spacial score (nSPS) is 28.9. The molecule has 7 nitrogen and oxygen atoms in total. The summed E-state index contributed by atoms with van der Waals surface area (Å²) in [7, 11) is 1.60. The topological polar surface area (TPSA) is 92.3 Å². The highest BCUT2D eigenvalue weighted by Crippen LogP contribution is 2.49. The van der Waals surface area contributed by atoms with Gasteiger partial charge >= 0.3 is 0 Å².